The highest BCUT2D eigenvalue weighted by molar-refractivity contribution is 7.89. The second-order valence-electron chi connectivity index (χ2n) is 4.17. The topological polar surface area (TPSA) is 121 Å². The summed E-state index contributed by atoms with van der Waals surface area (Å²) >= 11 is 0. The molecule has 0 aromatic carbocycles. The molecule has 0 saturated carbocycles. The second kappa shape index (κ2) is 6.72. The summed E-state index contributed by atoms with van der Waals surface area (Å²) in [6.45, 7) is 2.37. The number of H-pyrrole nitrogens is 1. The maximum absolute atomic E-state index is 11.9. The second-order valence-corrected chi connectivity index (χ2v) is 5.90. The Hall–Kier alpha value is -1.12. The van der Waals surface area contributed by atoms with E-state index in [1.165, 1.54) is 6.20 Å². The zero-order valence-corrected chi connectivity index (χ0v) is 11.2. The van der Waals surface area contributed by atoms with E-state index in [1.54, 1.807) is 0 Å². The van der Waals surface area contributed by atoms with Crippen molar-refractivity contribution in [2.45, 2.75) is 31.1 Å². The lowest BCUT2D eigenvalue weighted by atomic mass is 10.0. The standard InChI is InChI=1S/C10H20N4O3S/c1-2-3-8(4-5-15)6-13-18(16,17)9-7-12-14-10(9)11/h7-8,13,15H,2-6H2,1H3,(H3,11,12,14). The molecule has 0 spiro atoms. The normalized spacial score (nSPS) is 13.7. The van der Waals surface area contributed by atoms with Crippen molar-refractivity contribution in [3.63, 3.8) is 0 Å². The van der Waals surface area contributed by atoms with Gasteiger partial charge in [0.05, 0.1) is 6.20 Å². The van der Waals surface area contributed by atoms with Crippen LogP contribution in [0.25, 0.3) is 0 Å². The molecular weight excluding hydrogens is 256 g/mol. The zero-order chi connectivity index (χ0) is 13.6. The molecule has 1 aromatic rings. The van der Waals surface area contributed by atoms with Gasteiger partial charge >= 0.3 is 0 Å². The minimum absolute atomic E-state index is 0.0247. The summed E-state index contributed by atoms with van der Waals surface area (Å²) in [5, 5.41) is 14.9. The Kier molecular flexibility index (Phi) is 5.57. The SMILES string of the molecule is CCCC(CCO)CNS(=O)(=O)c1cn[nH]c1N. The summed E-state index contributed by atoms with van der Waals surface area (Å²) in [4.78, 5) is -0.0400. The number of aromatic nitrogens is 2. The molecule has 0 aliphatic heterocycles. The predicted molar refractivity (Wildman–Crippen MR) is 68.3 cm³/mol. The number of nitrogens with one attached hydrogen (secondary N) is 2. The lowest BCUT2D eigenvalue weighted by Crippen LogP contribution is -2.30. The average Bonchev–Trinajstić information content (AvgIpc) is 2.74. The Bertz CT molecular complexity index is 451. The summed E-state index contributed by atoms with van der Waals surface area (Å²) in [7, 11) is -3.63. The Morgan fingerprint density at radius 2 is 2.28 bits per heavy atom. The van der Waals surface area contributed by atoms with Gasteiger partial charge in [0.15, 0.2) is 0 Å². The van der Waals surface area contributed by atoms with Crippen molar-refractivity contribution in [3.8, 4) is 0 Å². The van der Waals surface area contributed by atoms with Crippen LogP contribution >= 0.6 is 0 Å². The molecule has 0 aliphatic carbocycles. The van der Waals surface area contributed by atoms with Gasteiger partial charge in [0.25, 0.3) is 0 Å². The fraction of sp³-hybridized carbons (Fsp3) is 0.700. The Balaban J connectivity index is 2.64. The van der Waals surface area contributed by atoms with Gasteiger partial charge in [-0.2, -0.15) is 5.10 Å². The number of sulfonamides is 1. The van der Waals surface area contributed by atoms with Gasteiger partial charge in [-0.3, -0.25) is 5.10 Å². The van der Waals surface area contributed by atoms with Crippen molar-refractivity contribution >= 4 is 15.8 Å². The predicted octanol–water partition coefficient (Wildman–Crippen LogP) is 0.0689. The minimum atomic E-state index is -3.63. The van der Waals surface area contributed by atoms with Crippen LogP contribution in [0.5, 0.6) is 0 Å². The Labute approximate surface area is 107 Å². The van der Waals surface area contributed by atoms with Crippen molar-refractivity contribution in [2.24, 2.45) is 5.92 Å². The molecule has 5 N–H and O–H groups in total. The lowest BCUT2D eigenvalue weighted by molar-refractivity contribution is 0.251. The highest BCUT2D eigenvalue weighted by Crippen LogP contribution is 2.15. The molecule has 104 valence electrons. The average molecular weight is 276 g/mol. The van der Waals surface area contributed by atoms with Crippen LogP contribution in [0.3, 0.4) is 0 Å². The molecule has 0 saturated heterocycles. The van der Waals surface area contributed by atoms with Gasteiger partial charge in [-0.15, -0.1) is 0 Å². The van der Waals surface area contributed by atoms with Crippen molar-refractivity contribution in [1.29, 1.82) is 0 Å². The first-order chi connectivity index (χ1) is 8.51. The first-order valence-electron chi connectivity index (χ1n) is 5.90. The van der Waals surface area contributed by atoms with Crippen LogP contribution in [0.4, 0.5) is 5.82 Å². The van der Waals surface area contributed by atoms with E-state index in [4.69, 9.17) is 10.8 Å². The minimum Gasteiger partial charge on any atom is -0.396 e. The van der Waals surface area contributed by atoms with Crippen LogP contribution in [0, 0.1) is 5.92 Å². The molecule has 1 aromatic heterocycles. The fourth-order valence-electron chi connectivity index (χ4n) is 1.74. The summed E-state index contributed by atoms with van der Waals surface area (Å²) in [5.41, 5.74) is 5.47. The molecular formula is C10H20N4O3S. The lowest BCUT2D eigenvalue weighted by Gasteiger charge is -2.15. The number of aliphatic hydroxyl groups is 1. The van der Waals surface area contributed by atoms with Crippen LogP contribution in [-0.2, 0) is 10.0 Å². The van der Waals surface area contributed by atoms with Gasteiger partial charge in [-0.1, -0.05) is 13.3 Å². The van der Waals surface area contributed by atoms with Gasteiger partial charge in [0.1, 0.15) is 10.7 Å². The van der Waals surface area contributed by atoms with Gasteiger partial charge in [0, 0.05) is 13.2 Å². The van der Waals surface area contributed by atoms with E-state index < -0.39 is 10.0 Å². The van der Waals surface area contributed by atoms with Gasteiger partial charge in [-0.05, 0) is 18.8 Å². The number of aromatic amines is 1. The molecule has 0 fully saturated rings. The monoisotopic (exact) mass is 276 g/mol. The first-order valence-corrected chi connectivity index (χ1v) is 7.39. The third kappa shape index (κ3) is 3.97. The molecule has 1 heterocycles. The molecule has 1 atom stereocenters. The van der Waals surface area contributed by atoms with Crippen LogP contribution < -0.4 is 10.5 Å². The van der Waals surface area contributed by atoms with E-state index in [2.05, 4.69) is 14.9 Å². The van der Waals surface area contributed by atoms with E-state index in [1.807, 2.05) is 6.92 Å². The number of hydrogen-bond acceptors (Lipinski definition) is 5. The fourth-order valence-corrected chi connectivity index (χ4v) is 2.88. The molecule has 0 aliphatic rings. The number of aliphatic hydroxyl groups excluding tert-OH is 1. The molecule has 0 radical (unpaired) electrons. The summed E-state index contributed by atoms with van der Waals surface area (Å²) in [6.07, 6.45) is 3.57. The van der Waals surface area contributed by atoms with Gasteiger partial charge in [0.2, 0.25) is 10.0 Å². The van der Waals surface area contributed by atoms with E-state index in [9.17, 15) is 8.42 Å². The summed E-state index contributed by atoms with van der Waals surface area (Å²) in [5.74, 6) is 0.152. The number of hydrogen-bond donors (Lipinski definition) is 4. The molecule has 1 rings (SSSR count). The van der Waals surface area contributed by atoms with Crippen molar-refractivity contribution in [2.75, 3.05) is 18.9 Å². The molecule has 18 heavy (non-hydrogen) atoms. The quantitative estimate of drug-likeness (QED) is 0.535. The van der Waals surface area contributed by atoms with Gasteiger partial charge in [-0.25, -0.2) is 13.1 Å². The van der Waals surface area contributed by atoms with Crippen LogP contribution in [0.1, 0.15) is 26.2 Å². The third-order valence-electron chi connectivity index (χ3n) is 2.72. The highest BCUT2D eigenvalue weighted by Gasteiger charge is 2.20. The maximum atomic E-state index is 11.9. The smallest absolute Gasteiger partial charge is 0.245 e. The van der Waals surface area contributed by atoms with Crippen molar-refractivity contribution < 1.29 is 13.5 Å². The highest BCUT2D eigenvalue weighted by atomic mass is 32.2. The third-order valence-corrected chi connectivity index (χ3v) is 4.17. The molecule has 8 heteroatoms. The zero-order valence-electron chi connectivity index (χ0n) is 10.4. The maximum Gasteiger partial charge on any atom is 0.245 e. The molecule has 0 amide bonds. The van der Waals surface area contributed by atoms with Crippen LogP contribution in [-0.4, -0.2) is 36.9 Å². The number of nitrogens with zero attached hydrogens (tertiary/aromatic N) is 1. The number of rotatable bonds is 8. The number of anilines is 1. The van der Waals surface area contributed by atoms with E-state index in [0.29, 0.717) is 13.0 Å². The number of nitrogens with two attached hydrogens (primary N) is 1. The van der Waals surface area contributed by atoms with Crippen molar-refractivity contribution in [1.82, 2.24) is 14.9 Å². The largest absolute Gasteiger partial charge is 0.396 e. The molecule has 7 nitrogen and oxygen atoms in total. The Morgan fingerprint density at radius 3 is 2.78 bits per heavy atom. The summed E-state index contributed by atoms with van der Waals surface area (Å²) < 4.78 is 26.3. The van der Waals surface area contributed by atoms with Crippen LogP contribution in [0.15, 0.2) is 11.1 Å². The van der Waals surface area contributed by atoms with Crippen molar-refractivity contribution in [3.05, 3.63) is 6.20 Å². The molecule has 1 unspecified atom stereocenters. The van der Waals surface area contributed by atoms with Crippen LogP contribution in [0.2, 0.25) is 0 Å². The van der Waals surface area contributed by atoms with E-state index >= 15 is 0 Å². The first kappa shape index (κ1) is 14.9. The molecule has 0 bridgehead atoms. The Morgan fingerprint density at radius 1 is 1.56 bits per heavy atom. The van der Waals surface area contributed by atoms with E-state index in [-0.39, 0.29) is 23.2 Å². The van der Waals surface area contributed by atoms with E-state index in [0.717, 1.165) is 12.8 Å². The number of nitrogen functional groups attached to an aromatic ring is 1. The summed E-state index contributed by atoms with van der Waals surface area (Å²) in [6, 6.07) is 0. The van der Waals surface area contributed by atoms with Gasteiger partial charge < -0.3 is 10.8 Å².